The second-order valence-corrected chi connectivity index (χ2v) is 7.72. The lowest BCUT2D eigenvalue weighted by Gasteiger charge is -2.26. The van der Waals surface area contributed by atoms with Crippen LogP contribution in [0.4, 0.5) is 0 Å². The van der Waals surface area contributed by atoms with Gasteiger partial charge in [0.15, 0.2) is 11.5 Å². The zero-order valence-electron chi connectivity index (χ0n) is 16.5. The second kappa shape index (κ2) is 9.30. The predicted molar refractivity (Wildman–Crippen MR) is 111 cm³/mol. The molecule has 1 amide bonds. The molecular weight excluding hydrogens is 376 g/mol. The van der Waals surface area contributed by atoms with E-state index in [0.717, 1.165) is 22.6 Å². The molecule has 2 atom stereocenters. The summed E-state index contributed by atoms with van der Waals surface area (Å²) >= 11 is 6.24. The van der Waals surface area contributed by atoms with Gasteiger partial charge in [-0.1, -0.05) is 49.7 Å². The lowest BCUT2D eigenvalue weighted by atomic mass is 9.95. The molecule has 28 heavy (non-hydrogen) atoms. The van der Waals surface area contributed by atoms with Crippen LogP contribution in [0.5, 0.6) is 11.5 Å². The molecule has 0 fully saturated rings. The van der Waals surface area contributed by atoms with Crippen LogP contribution in [0.15, 0.2) is 42.5 Å². The van der Waals surface area contributed by atoms with Crippen molar-refractivity contribution >= 4 is 17.5 Å². The van der Waals surface area contributed by atoms with E-state index in [9.17, 15) is 4.79 Å². The topological polar surface area (TPSA) is 59.6 Å². The molecule has 2 N–H and O–H groups in total. The first-order valence-corrected chi connectivity index (χ1v) is 10.00. The predicted octanol–water partition coefficient (Wildman–Crippen LogP) is 4.28. The Hall–Kier alpha value is -2.24. The summed E-state index contributed by atoms with van der Waals surface area (Å²) in [6.45, 7) is 7.48. The standard InChI is InChI=1S/C22H27ClN2O3/c1-14(2)22(16-8-9-19-20(12-16)28-11-10-27-19)25-21(26)13-24-15(3)17-6-4-5-7-18(17)23/h4-9,12,14-15,22,24H,10-11,13H2,1-3H3,(H,25,26)/t15-,22-/m0/s1. The van der Waals surface area contributed by atoms with Gasteiger partial charge in [-0.3, -0.25) is 4.79 Å². The summed E-state index contributed by atoms with van der Waals surface area (Å²) in [6.07, 6.45) is 0. The second-order valence-electron chi connectivity index (χ2n) is 7.32. The highest BCUT2D eigenvalue weighted by atomic mass is 35.5. The lowest BCUT2D eigenvalue weighted by molar-refractivity contribution is -0.121. The van der Waals surface area contributed by atoms with Crippen molar-refractivity contribution in [1.82, 2.24) is 10.6 Å². The number of hydrogen-bond donors (Lipinski definition) is 2. The van der Waals surface area contributed by atoms with E-state index >= 15 is 0 Å². The van der Waals surface area contributed by atoms with E-state index in [2.05, 4.69) is 24.5 Å². The maximum absolute atomic E-state index is 12.6. The maximum atomic E-state index is 12.6. The highest BCUT2D eigenvalue weighted by molar-refractivity contribution is 6.31. The Morgan fingerprint density at radius 2 is 1.79 bits per heavy atom. The Morgan fingerprint density at radius 3 is 2.50 bits per heavy atom. The van der Waals surface area contributed by atoms with E-state index in [-0.39, 0.29) is 30.5 Å². The lowest BCUT2D eigenvalue weighted by Crippen LogP contribution is -2.39. The van der Waals surface area contributed by atoms with Crippen LogP contribution in [0.2, 0.25) is 5.02 Å². The average Bonchev–Trinajstić information content (AvgIpc) is 2.70. The van der Waals surface area contributed by atoms with E-state index < -0.39 is 0 Å². The van der Waals surface area contributed by atoms with Crippen LogP contribution in [0.25, 0.3) is 0 Å². The third-order valence-electron chi connectivity index (χ3n) is 4.85. The summed E-state index contributed by atoms with van der Waals surface area (Å²) in [5.74, 6) is 1.65. The molecule has 0 saturated heterocycles. The molecule has 1 aliphatic rings. The molecule has 3 rings (SSSR count). The molecule has 1 aliphatic heterocycles. The van der Waals surface area contributed by atoms with E-state index in [4.69, 9.17) is 21.1 Å². The van der Waals surface area contributed by atoms with Crippen LogP contribution < -0.4 is 20.1 Å². The van der Waals surface area contributed by atoms with Gasteiger partial charge >= 0.3 is 0 Å². The molecule has 150 valence electrons. The first kappa shape index (κ1) is 20.5. The van der Waals surface area contributed by atoms with Crippen molar-refractivity contribution in [2.75, 3.05) is 19.8 Å². The van der Waals surface area contributed by atoms with Crippen molar-refractivity contribution in [3.8, 4) is 11.5 Å². The molecule has 0 aromatic heterocycles. The molecule has 5 nitrogen and oxygen atoms in total. The van der Waals surface area contributed by atoms with Crippen LogP contribution in [-0.2, 0) is 4.79 Å². The highest BCUT2D eigenvalue weighted by Gasteiger charge is 2.21. The van der Waals surface area contributed by atoms with Gasteiger partial charge in [-0.2, -0.15) is 0 Å². The van der Waals surface area contributed by atoms with Gasteiger partial charge in [-0.15, -0.1) is 0 Å². The average molecular weight is 403 g/mol. The smallest absolute Gasteiger partial charge is 0.234 e. The number of rotatable bonds is 7. The SMILES string of the molecule is CC(C)[C@H](NC(=O)CN[C@@H](C)c1ccccc1Cl)c1ccc2c(c1)OCCO2. The highest BCUT2D eigenvalue weighted by Crippen LogP contribution is 2.34. The Bertz CT molecular complexity index is 825. The quantitative estimate of drug-likeness (QED) is 0.725. The van der Waals surface area contributed by atoms with Gasteiger partial charge in [0, 0.05) is 11.1 Å². The third kappa shape index (κ3) is 4.97. The number of fused-ring (bicyclic) bond motifs is 1. The van der Waals surface area contributed by atoms with Crippen molar-refractivity contribution in [1.29, 1.82) is 0 Å². The van der Waals surface area contributed by atoms with Gasteiger partial charge < -0.3 is 20.1 Å². The molecular formula is C22H27ClN2O3. The van der Waals surface area contributed by atoms with Gasteiger partial charge in [-0.05, 0) is 42.2 Å². The summed E-state index contributed by atoms with van der Waals surface area (Å²) in [6, 6.07) is 13.4. The van der Waals surface area contributed by atoms with Crippen LogP contribution in [0.3, 0.4) is 0 Å². The fourth-order valence-corrected chi connectivity index (χ4v) is 3.59. The summed E-state index contributed by atoms with van der Waals surface area (Å²) in [4.78, 5) is 12.6. The number of carbonyl (C=O) groups is 1. The largest absolute Gasteiger partial charge is 0.486 e. The minimum atomic E-state index is -0.110. The number of carbonyl (C=O) groups excluding carboxylic acids is 1. The molecule has 0 bridgehead atoms. The fourth-order valence-electron chi connectivity index (χ4n) is 3.29. The summed E-state index contributed by atoms with van der Waals surface area (Å²) in [5.41, 5.74) is 1.98. The van der Waals surface area contributed by atoms with E-state index in [1.807, 2.05) is 49.4 Å². The molecule has 0 spiro atoms. The van der Waals surface area contributed by atoms with E-state index in [1.54, 1.807) is 0 Å². The van der Waals surface area contributed by atoms with Crippen LogP contribution >= 0.6 is 11.6 Å². The van der Waals surface area contributed by atoms with Crippen LogP contribution in [0, 0.1) is 5.92 Å². The van der Waals surface area contributed by atoms with Crippen molar-refractivity contribution in [2.45, 2.75) is 32.9 Å². The number of halogens is 1. The number of ether oxygens (including phenoxy) is 2. The van der Waals surface area contributed by atoms with Crippen LogP contribution in [0.1, 0.15) is 44.0 Å². The zero-order chi connectivity index (χ0) is 20.1. The molecule has 6 heteroatoms. The van der Waals surface area contributed by atoms with Crippen molar-refractivity contribution in [3.05, 3.63) is 58.6 Å². The van der Waals surface area contributed by atoms with Gasteiger partial charge in [0.2, 0.25) is 5.91 Å². The molecule has 0 radical (unpaired) electrons. The number of amides is 1. The molecule has 0 aliphatic carbocycles. The Balaban J connectivity index is 1.62. The molecule has 2 aromatic rings. The number of hydrogen-bond acceptors (Lipinski definition) is 4. The van der Waals surface area contributed by atoms with Crippen molar-refractivity contribution < 1.29 is 14.3 Å². The van der Waals surface area contributed by atoms with E-state index in [0.29, 0.717) is 18.2 Å². The normalized spacial score (nSPS) is 15.2. The monoisotopic (exact) mass is 402 g/mol. The minimum absolute atomic E-state index is 0.0220. The Kier molecular flexibility index (Phi) is 6.81. The van der Waals surface area contributed by atoms with Crippen molar-refractivity contribution in [3.63, 3.8) is 0 Å². The third-order valence-corrected chi connectivity index (χ3v) is 5.19. The Morgan fingerprint density at radius 1 is 1.07 bits per heavy atom. The summed E-state index contributed by atoms with van der Waals surface area (Å²) in [5, 5.41) is 7.07. The molecule has 0 unspecified atom stereocenters. The zero-order valence-corrected chi connectivity index (χ0v) is 17.3. The molecule has 2 aromatic carbocycles. The first-order chi connectivity index (χ1) is 13.5. The van der Waals surface area contributed by atoms with Crippen molar-refractivity contribution in [2.24, 2.45) is 5.92 Å². The van der Waals surface area contributed by atoms with Gasteiger partial charge in [0.25, 0.3) is 0 Å². The maximum Gasteiger partial charge on any atom is 0.234 e. The molecule has 1 heterocycles. The van der Waals surface area contributed by atoms with E-state index in [1.165, 1.54) is 0 Å². The number of benzene rings is 2. The van der Waals surface area contributed by atoms with Gasteiger partial charge in [0.1, 0.15) is 13.2 Å². The Labute approximate surface area is 171 Å². The van der Waals surface area contributed by atoms with Gasteiger partial charge in [-0.25, -0.2) is 0 Å². The summed E-state index contributed by atoms with van der Waals surface area (Å²) < 4.78 is 11.3. The molecule has 0 saturated carbocycles. The summed E-state index contributed by atoms with van der Waals surface area (Å²) in [7, 11) is 0. The minimum Gasteiger partial charge on any atom is -0.486 e. The van der Waals surface area contributed by atoms with Crippen LogP contribution in [-0.4, -0.2) is 25.7 Å². The fraction of sp³-hybridized carbons (Fsp3) is 0.409. The van der Waals surface area contributed by atoms with Gasteiger partial charge in [0.05, 0.1) is 12.6 Å². The first-order valence-electron chi connectivity index (χ1n) is 9.62. The number of nitrogens with one attached hydrogen (secondary N) is 2.